The molecule has 2 atom stereocenters. The highest BCUT2D eigenvalue weighted by molar-refractivity contribution is 8.26. The Hall–Kier alpha value is -3.36. The van der Waals surface area contributed by atoms with E-state index in [1.807, 2.05) is 12.1 Å². The number of nitrogens with zero attached hydrogens (tertiary/aromatic N) is 2. The number of carboxylic acids is 1. The molecule has 3 aromatic carbocycles. The van der Waals surface area contributed by atoms with E-state index in [0.29, 0.717) is 21.2 Å². The molecule has 0 spiro atoms. The van der Waals surface area contributed by atoms with Crippen molar-refractivity contribution < 1.29 is 19.4 Å². The summed E-state index contributed by atoms with van der Waals surface area (Å²) in [4.78, 5) is 28.2. The van der Waals surface area contributed by atoms with Gasteiger partial charge in [0.25, 0.3) is 5.91 Å². The fourth-order valence-electron chi connectivity index (χ4n) is 5.84. The van der Waals surface area contributed by atoms with Crippen LogP contribution in [0.2, 0.25) is 0 Å². The zero-order valence-electron chi connectivity index (χ0n) is 20.3. The lowest BCUT2D eigenvalue weighted by Gasteiger charge is -2.27. The molecule has 2 aliphatic heterocycles. The van der Waals surface area contributed by atoms with E-state index in [1.54, 1.807) is 7.11 Å². The van der Waals surface area contributed by atoms with Gasteiger partial charge in [0.15, 0.2) is 0 Å². The van der Waals surface area contributed by atoms with Crippen LogP contribution >= 0.6 is 24.0 Å². The van der Waals surface area contributed by atoms with Gasteiger partial charge in [-0.1, -0.05) is 48.6 Å². The molecule has 188 valence electrons. The van der Waals surface area contributed by atoms with E-state index in [0.717, 1.165) is 29.5 Å². The third kappa shape index (κ3) is 4.28. The molecule has 0 aromatic heterocycles. The lowest BCUT2D eigenvalue weighted by Crippen LogP contribution is -2.30. The zero-order valence-corrected chi connectivity index (χ0v) is 22.0. The Kier molecular flexibility index (Phi) is 6.16. The Labute approximate surface area is 224 Å². The van der Waals surface area contributed by atoms with E-state index in [1.165, 1.54) is 45.4 Å². The number of fused-ring (bicyclic) bond motifs is 4. The summed E-state index contributed by atoms with van der Waals surface area (Å²) in [5.74, 6) is 0.150. The van der Waals surface area contributed by atoms with Crippen molar-refractivity contribution in [2.75, 3.05) is 18.6 Å². The smallest absolute Gasteiger partial charge is 0.305 e. The first-order valence-corrected chi connectivity index (χ1v) is 13.6. The average Bonchev–Trinajstić information content (AvgIpc) is 3.55. The lowest BCUT2D eigenvalue weighted by molar-refractivity contribution is -0.137. The van der Waals surface area contributed by atoms with Gasteiger partial charge in [-0.15, -0.1) is 0 Å². The normalized spacial score (nSPS) is 21.7. The molecule has 8 heteroatoms. The Morgan fingerprint density at radius 3 is 2.76 bits per heavy atom. The zero-order chi connectivity index (χ0) is 25.7. The third-order valence-corrected chi connectivity index (χ3v) is 8.93. The van der Waals surface area contributed by atoms with E-state index in [-0.39, 0.29) is 18.9 Å². The Morgan fingerprint density at radius 2 is 1.95 bits per heavy atom. The van der Waals surface area contributed by atoms with Crippen molar-refractivity contribution in [3.05, 3.63) is 70.6 Å². The van der Waals surface area contributed by atoms with Gasteiger partial charge in [0.05, 0.1) is 18.4 Å². The molecular weight excluding hydrogens is 504 g/mol. The number of amides is 1. The monoisotopic (exact) mass is 530 g/mol. The van der Waals surface area contributed by atoms with Crippen LogP contribution in [0, 0.1) is 0 Å². The van der Waals surface area contributed by atoms with Crippen LogP contribution in [0.3, 0.4) is 0 Å². The number of carboxylic acid groups (broad SMARTS) is 1. The third-order valence-electron chi connectivity index (χ3n) is 7.55. The van der Waals surface area contributed by atoms with Crippen LogP contribution in [0.1, 0.15) is 42.7 Å². The maximum absolute atomic E-state index is 12.9. The fourth-order valence-corrected chi connectivity index (χ4v) is 7.15. The van der Waals surface area contributed by atoms with Crippen LogP contribution in [-0.4, -0.2) is 45.9 Å². The summed E-state index contributed by atoms with van der Waals surface area (Å²) >= 11 is 6.58. The molecule has 6 nitrogen and oxygen atoms in total. The van der Waals surface area contributed by atoms with Crippen LogP contribution in [0.25, 0.3) is 16.8 Å². The molecule has 3 aromatic rings. The number of rotatable bonds is 6. The number of thioether (sulfide) groups is 1. The first kappa shape index (κ1) is 24.0. The summed E-state index contributed by atoms with van der Waals surface area (Å²) < 4.78 is 5.79. The van der Waals surface area contributed by atoms with E-state index >= 15 is 0 Å². The molecule has 0 radical (unpaired) electrons. The summed E-state index contributed by atoms with van der Waals surface area (Å²) in [6.45, 7) is 0.0960. The molecule has 1 saturated heterocycles. The number of methoxy groups -OCH3 is 1. The summed E-state index contributed by atoms with van der Waals surface area (Å²) in [7, 11) is 1.69. The van der Waals surface area contributed by atoms with E-state index < -0.39 is 5.97 Å². The van der Waals surface area contributed by atoms with Gasteiger partial charge in [-0.3, -0.25) is 14.5 Å². The Balaban J connectivity index is 1.32. The molecule has 1 saturated carbocycles. The second kappa shape index (κ2) is 9.50. The van der Waals surface area contributed by atoms with Crippen LogP contribution in [0.5, 0.6) is 5.75 Å². The number of thiocarbonyl (C=S) groups is 1. The summed E-state index contributed by atoms with van der Waals surface area (Å²) in [5, 5.41) is 11.3. The van der Waals surface area contributed by atoms with Crippen LogP contribution < -0.4 is 9.64 Å². The minimum Gasteiger partial charge on any atom is -0.497 e. The van der Waals surface area contributed by atoms with E-state index in [9.17, 15) is 9.59 Å². The molecular formula is C29H26N2O4S2. The van der Waals surface area contributed by atoms with Gasteiger partial charge in [-0.25, -0.2) is 0 Å². The average molecular weight is 531 g/mol. The van der Waals surface area contributed by atoms with Gasteiger partial charge in [0, 0.05) is 29.9 Å². The summed E-state index contributed by atoms with van der Waals surface area (Å²) in [6, 6.07) is 19.7. The molecule has 6 rings (SSSR count). The molecule has 2 unspecified atom stereocenters. The predicted octanol–water partition coefficient (Wildman–Crippen LogP) is 6.31. The van der Waals surface area contributed by atoms with Crippen LogP contribution in [-0.2, 0) is 9.59 Å². The molecule has 1 amide bonds. The Bertz CT molecular complexity index is 1480. The number of hydrogen-bond donors (Lipinski definition) is 1. The number of carbonyl (C=O) groups is 2. The first-order chi connectivity index (χ1) is 17.9. The number of aliphatic carboxylic acids is 1. The lowest BCUT2D eigenvalue weighted by atomic mass is 9.96. The minimum atomic E-state index is -0.946. The van der Waals surface area contributed by atoms with Crippen molar-refractivity contribution in [1.29, 1.82) is 0 Å². The van der Waals surface area contributed by atoms with Crippen molar-refractivity contribution in [2.24, 2.45) is 0 Å². The number of benzene rings is 3. The highest BCUT2D eigenvalue weighted by Crippen LogP contribution is 2.53. The molecule has 2 fully saturated rings. The first-order valence-electron chi connectivity index (χ1n) is 12.4. The summed E-state index contributed by atoms with van der Waals surface area (Å²) in [6.07, 6.45) is 5.26. The summed E-state index contributed by atoms with van der Waals surface area (Å²) in [5.41, 5.74) is 4.72. The second-order valence-electron chi connectivity index (χ2n) is 9.67. The van der Waals surface area contributed by atoms with Gasteiger partial charge in [-0.2, -0.15) is 0 Å². The number of ether oxygens (including phenoxy) is 1. The number of hydrogen-bond acceptors (Lipinski definition) is 6. The van der Waals surface area contributed by atoms with Gasteiger partial charge < -0.3 is 14.7 Å². The van der Waals surface area contributed by atoms with Gasteiger partial charge in [-0.05, 0) is 77.2 Å². The molecule has 1 N–H and O–H groups in total. The van der Waals surface area contributed by atoms with Crippen molar-refractivity contribution in [3.8, 4) is 5.75 Å². The van der Waals surface area contributed by atoms with Crippen molar-refractivity contribution in [3.63, 3.8) is 0 Å². The van der Waals surface area contributed by atoms with Crippen molar-refractivity contribution >= 4 is 68.4 Å². The Morgan fingerprint density at radius 1 is 1.14 bits per heavy atom. The molecule has 0 bridgehead atoms. The largest absolute Gasteiger partial charge is 0.497 e. The second-order valence-corrected chi connectivity index (χ2v) is 11.3. The predicted molar refractivity (Wildman–Crippen MR) is 152 cm³/mol. The molecule has 37 heavy (non-hydrogen) atoms. The molecule has 1 aliphatic carbocycles. The molecule has 2 heterocycles. The number of carbonyl (C=O) groups excluding carboxylic acids is 1. The minimum absolute atomic E-state index is 0.0960. The van der Waals surface area contributed by atoms with Crippen LogP contribution in [0.4, 0.5) is 11.4 Å². The topological polar surface area (TPSA) is 70.1 Å². The van der Waals surface area contributed by atoms with Gasteiger partial charge >= 0.3 is 5.97 Å². The maximum Gasteiger partial charge on any atom is 0.305 e. The quantitative estimate of drug-likeness (QED) is 0.296. The van der Waals surface area contributed by atoms with Crippen molar-refractivity contribution in [1.82, 2.24) is 4.90 Å². The van der Waals surface area contributed by atoms with Crippen LogP contribution in [0.15, 0.2) is 59.5 Å². The molecule has 3 aliphatic rings. The highest BCUT2D eigenvalue weighted by atomic mass is 32.2. The van der Waals surface area contributed by atoms with Gasteiger partial charge in [0.1, 0.15) is 10.1 Å². The van der Waals surface area contributed by atoms with E-state index in [4.69, 9.17) is 22.1 Å². The highest BCUT2D eigenvalue weighted by Gasteiger charge is 2.42. The SMILES string of the molecule is COc1ccc2cc(N3c4ccc(/C=C5/SC(=S)N(CCC(=O)O)C5=O)cc4C4CCCC43)ccc2c1. The fraction of sp³-hybridized carbons (Fsp3) is 0.276. The van der Waals surface area contributed by atoms with E-state index in [2.05, 4.69) is 53.4 Å². The number of anilines is 2. The maximum atomic E-state index is 12.9. The van der Waals surface area contributed by atoms with Gasteiger partial charge in [0.2, 0.25) is 0 Å². The van der Waals surface area contributed by atoms with Crippen molar-refractivity contribution in [2.45, 2.75) is 37.6 Å². The standard InChI is InChI=1S/C29H26N2O4S2/c1-35-21-9-7-18-15-20(8-6-19(18)16-21)31-24-4-2-3-22(24)23-13-17(5-10-25(23)31)14-26-28(34)30(29(36)37-26)12-11-27(32)33/h5-10,13-16,22,24H,2-4,11-12H2,1H3,(H,32,33)/b26-14+.